The number of unbranched alkanes of at least 4 members (excludes halogenated alkanes) is 1. The van der Waals surface area contributed by atoms with E-state index < -0.39 is 40.8 Å². The highest BCUT2D eigenvalue weighted by Gasteiger charge is 2.50. The predicted octanol–water partition coefficient (Wildman–Crippen LogP) is 3.94. The fourth-order valence-corrected chi connectivity index (χ4v) is 5.42. The molecule has 3 rings (SSSR count). The molecule has 0 aliphatic heterocycles. The van der Waals surface area contributed by atoms with Crippen molar-refractivity contribution in [3.63, 3.8) is 0 Å². The van der Waals surface area contributed by atoms with Gasteiger partial charge in [-0.2, -0.15) is 13.5 Å². The summed E-state index contributed by atoms with van der Waals surface area (Å²) in [6, 6.07) is 20.1. The summed E-state index contributed by atoms with van der Waals surface area (Å²) >= 11 is 0. The van der Waals surface area contributed by atoms with Crippen molar-refractivity contribution in [2.45, 2.75) is 42.3 Å². The first-order chi connectivity index (χ1) is 17.9. The number of halogens is 2. The number of carbonyl (C=O) groups is 1. The predicted molar refractivity (Wildman–Crippen MR) is 139 cm³/mol. The van der Waals surface area contributed by atoms with E-state index in [1.54, 1.807) is 6.07 Å². The van der Waals surface area contributed by atoms with Crippen molar-refractivity contribution in [1.82, 2.24) is 10.0 Å². The minimum absolute atomic E-state index is 0.0442. The van der Waals surface area contributed by atoms with Crippen molar-refractivity contribution in [2.75, 3.05) is 6.54 Å². The topological polar surface area (TPSA) is 133 Å². The second-order valence-corrected chi connectivity index (χ2v) is 12.1. The summed E-state index contributed by atoms with van der Waals surface area (Å²) in [4.78, 5) is 30.8. The molecule has 1 atom stereocenters. The van der Waals surface area contributed by atoms with E-state index in [1.165, 1.54) is 42.0 Å². The zero-order chi connectivity index (χ0) is 27.8. The Labute approximate surface area is 220 Å². The average molecular weight is 567 g/mol. The summed E-state index contributed by atoms with van der Waals surface area (Å²) in [7, 11) is -9.82. The number of nitrogens with one attached hydrogen (secondary N) is 2. The van der Waals surface area contributed by atoms with Crippen LogP contribution in [-0.2, 0) is 37.9 Å². The van der Waals surface area contributed by atoms with E-state index in [9.17, 15) is 26.6 Å². The number of hydrogen-bond acceptors (Lipinski definition) is 4. The Bertz CT molecular complexity index is 1350. The van der Waals surface area contributed by atoms with Crippen molar-refractivity contribution in [3.8, 4) is 0 Å². The lowest BCUT2D eigenvalue weighted by Crippen LogP contribution is -2.48. The molecule has 0 bridgehead atoms. The highest BCUT2D eigenvalue weighted by Crippen LogP contribution is 2.59. The van der Waals surface area contributed by atoms with Gasteiger partial charge in [0.15, 0.2) is 0 Å². The molecule has 1 unspecified atom stereocenters. The van der Waals surface area contributed by atoms with Crippen molar-refractivity contribution < 1.29 is 36.3 Å². The van der Waals surface area contributed by atoms with Crippen LogP contribution in [0.2, 0.25) is 0 Å². The molecule has 4 N–H and O–H groups in total. The molecular formula is C26H29F2N2O6PS. The van der Waals surface area contributed by atoms with Crippen molar-refractivity contribution in [2.24, 2.45) is 0 Å². The molecule has 3 aromatic rings. The highest BCUT2D eigenvalue weighted by molar-refractivity contribution is 7.89. The van der Waals surface area contributed by atoms with Gasteiger partial charge in [0.2, 0.25) is 15.9 Å². The van der Waals surface area contributed by atoms with E-state index in [1.807, 2.05) is 30.3 Å². The second kappa shape index (κ2) is 12.7. The average Bonchev–Trinajstić information content (AvgIpc) is 2.88. The highest BCUT2D eigenvalue weighted by atomic mass is 32.2. The van der Waals surface area contributed by atoms with E-state index >= 15 is 0 Å². The van der Waals surface area contributed by atoms with E-state index in [-0.39, 0.29) is 11.3 Å². The van der Waals surface area contributed by atoms with Gasteiger partial charge >= 0.3 is 13.3 Å². The van der Waals surface area contributed by atoms with Gasteiger partial charge in [-0.25, -0.2) is 8.42 Å². The largest absolute Gasteiger partial charge is 0.399 e. The number of hydrogen-bond donors (Lipinski definition) is 4. The summed E-state index contributed by atoms with van der Waals surface area (Å²) < 4.78 is 67.3. The van der Waals surface area contributed by atoms with Crippen LogP contribution in [0.25, 0.3) is 0 Å². The number of alkyl halides is 2. The molecule has 38 heavy (non-hydrogen) atoms. The third-order valence-corrected chi connectivity index (χ3v) is 8.29. The number of carbonyl (C=O) groups excluding carboxylic acids is 1. The summed E-state index contributed by atoms with van der Waals surface area (Å²) in [5.74, 6) is -0.589. The Morgan fingerprint density at radius 3 is 2.03 bits per heavy atom. The molecule has 0 fully saturated rings. The third-order valence-electron chi connectivity index (χ3n) is 5.81. The molecule has 0 aliphatic rings. The van der Waals surface area contributed by atoms with Crippen LogP contribution in [0, 0.1) is 0 Å². The SMILES string of the molecule is O=C(NCCCCc1ccccc1)C(Cc1ccc(C(F)(F)P(=O)(O)O)cc1)NS(=O)(=O)c1ccccc1. The first-order valence-corrected chi connectivity index (χ1v) is 14.9. The molecule has 0 radical (unpaired) electrons. The minimum Gasteiger partial charge on any atom is -0.355 e. The van der Waals surface area contributed by atoms with Crippen LogP contribution in [0.3, 0.4) is 0 Å². The van der Waals surface area contributed by atoms with E-state index in [0.717, 1.165) is 25.0 Å². The van der Waals surface area contributed by atoms with Gasteiger partial charge in [0.05, 0.1) is 4.90 Å². The Morgan fingerprint density at radius 1 is 0.868 bits per heavy atom. The molecule has 12 heteroatoms. The molecule has 204 valence electrons. The maximum Gasteiger partial charge on any atom is 0.399 e. The van der Waals surface area contributed by atoms with Crippen molar-refractivity contribution in [1.29, 1.82) is 0 Å². The smallest absolute Gasteiger partial charge is 0.355 e. The first-order valence-electron chi connectivity index (χ1n) is 11.8. The van der Waals surface area contributed by atoms with Crippen LogP contribution in [0.15, 0.2) is 89.8 Å². The molecule has 0 saturated carbocycles. The lowest BCUT2D eigenvalue weighted by molar-refractivity contribution is -0.122. The number of sulfonamides is 1. The Kier molecular flexibility index (Phi) is 9.92. The van der Waals surface area contributed by atoms with E-state index in [2.05, 4.69) is 10.0 Å². The van der Waals surface area contributed by atoms with Gasteiger partial charge in [-0.15, -0.1) is 0 Å². The maximum atomic E-state index is 14.0. The summed E-state index contributed by atoms with van der Waals surface area (Å²) in [5.41, 5.74) is -3.79. The standard InChI is InChI=1S/C26H29F2N2O6PS/c27-26(28,37(32,33)34)22-16-14-21(15-17-22)19-24(30-38(35,36)23-12-5-2-6-13-23)25(31)29-18-8-7-11-20-9-3-1-4-10-20/h1-6,9-10,12-17,24,30H,7-8,11,18-19H2,(H,29,31)(H2,32,33,34). The molecule has 0 heterocycles. The van der Waals surface area contributed by atoms with Gasteiger partial charge in [0, 0.05) is 12.1 Å². The van der Waals surface area contributed by atoms with Crippen LogP contribution < -0.4 is 10.0 Å². The Morgan fingerprint density at radius 2 is 1.45 bits per heavy atom. The van der Waals surface area contributed by atoms with Gasteiger partial charge in [0.25, 0.3) is 0 Å². The van der Waals surface area contributed by atoms with Crippen LogP contribution >= 0.6 is 7.60 Å². The number of amides is 1. The molecule has 3 aromatic carbocycles. The quantitative estimate of drug-likeness (QED) is 0.183. The van der Waals surface area contributed by atoms with Gasteiger partial charge in [-0.1, -0.05) is 72.8 Å². The fraction of sp³-hybridized carbons (Fsp3) is 0.269. The minimum atomic E-state index is -5.74. The molecule has 0 aliphatic carbocycles. The lowest BCUT2D eigenvalue weighted by atomic mass is 10.0. The fourth-order valence-electron chi connectivity index (χ4n) is 3.72. The van der Waals surface area contributed by atoms with Crippen LogP contribution in [0.4, 0.5) is 8.78 Å². The third kappa shape index (κ3) is 8.02. The van der Waals surface area contributed by atoms with Crippen molar-refractivity contribution in [3.05, 3.63) is 102 Å². The van der Waals surface area contributed by atoms with Crippen LogP contribution in [0.5, 0.6) is 0 Å². The molecule has 8 nitrogen and oxygen atoms in total. The van der Waals surface area contributed by atoms with Gasteiger partial charge in [-0.05, 0) is 48.9 Å². The lowest BCUT2D eigenvalue weighted by Gasteiger charge is -2.20. The van der Waals surface area contributed by atoms with Crippen LogP contribution in [-0.4, -0.2) is 36.7 Å². The number of rotatable bonds is 13. The van der Waals surface area contributed by atoms with E-state index in [4.69, 9.17) is 9.79 Å². The number of benzene rings is 3. The normalized spacial score (nSPS) is 13.2. The monoisotopic (exact) mass is 566 g/mol. The summed E-state index contributed by atoms with van der Waals surface area (Å²) in [6.45, 7) is 0.308. The molecule has 1 amide bonds. The Hall–Kier alpha value is -2.95. The van der Waals surface area contributed by atoms with Crippen molar-refractivity contribution >= 4 is 23.5 Å². The molecule has 0 saturated heterocycles. The van der Waals surface area contributed by atoms with Gasteiger partial charge in [-0.3, -0.25) is 9.36 Å². The van der Waals surface area contributed by atoms with Gasteiger partial charge < -0.3 is 15.1 Å². The maximum absolute atomic E-state index is 14.0. The number of aryl methyl sites for hydroxylation is 1. The molecule has 0 aromatic heterocycles. The summed E-state index contributed by atoms with van der Waals surface area (Å²) in [5, 5.41) is 2.73. The Balaban J connectivity index is 1.70. The van der Waals surface area contributed by atoms with Gasteiger partial charge in [0.1, 0.15) is 6.04 Å². The molecule has 0 spiro atoms. The first kappa shape index (κ1) is 29.6. The van der Waals surface area contributed by atoms with E-state index in [0.29, 0.717) is 18.5 Å². The second-order valence-electron chi connectivity index (χ2n) is 8.71. The molecular weight excluding hydrogens is 537 g/mol. The van der Waals surface area contributed by atoms with Crippen LogP contribution in [0.1, 0.15) is 29.5 Å². The summed E-state index contributed by atoms with van der Waals surface area (Å²) in [6.07, 6.45) is 2.11. The zero-order valence-electron chi connectivity index (χ0n) is 20.3. The zero-order valence-corrected chi connectivity index (χ0v) is 22.0.